The molecule has 124 valence electrons. The zero-order valence-electron chi connectivity index (χ0n) is 13.7. The van der Waals surface area contributed by atoms with Gasteiger partial charge in [0.2, 0.25) is 4.96 Å². The predicted octanol–water partition coefficient (Wildman–Crippen LogP) is 3.41. The zero-order valence-corrected chi connectivity index (χ0v) is 14.5. The van der Waals surface area contributed by atoms with Gasteiger partial charge in [0.25, 0.3) is 5.56 Å². The van der Waals surface area contributed by atoms with Gasteiger partial charge in [-0.05, 0) is 31.9 Å². The summed E-state index contributed by atoms with van der Waals surface area (Å²) < 4.78 is 1.39. The van der Waals surface area contributed by atoms with Crippen LogP contribution in [0.25, 0.3) is 4.96 Å². The summed E-state index contributed by atoms with van der Waals surface area (Å²) in [6.07, 6.45) is 4.96. The minimum Gasteiger partial charge on any atom is -0.363 e. The highest BCUT2D eigenvalue weighted by Crippen LogP contribution is 2.29. The van der Waals surface area contributed by atoms with Crippen LogP contribution in [0.5, 0.6) is 0 Å². The molecular weight excluding hydrogens is 320 g/mol. The Kier molecular flexibility index (Phi) is 4.06. The predicted molar refractivity (Wildman–Crippen MR) is 96.8 cm³/mol. The van der Waals surface area contributed by atoms with Crippen molar-refractivity contribution in [2.24, 2.45) is 0 Å². The van der Waals surface area contributed by atoms with Gasteiger partial charge < -0.3 is 4.90 Å². The zero-order chi connectivity index (χ0) is 16.5. The Morgan fingerprint density at radius 2 is 2.00 bits per heavy atom. The van der Waals surface area contributed by atoms with Gasteiger partial charge in [-0.2, -0.15) is 9.61 Å². The van der Waals surface area contributed by atoms with Crippen LogP contribution in [0.4, 0.5) is 5.69 Å². The molecule has 2 aromatic heterocycles. The molecule has 24 heavy (non-hydrogen) atoms. The fourth-order valence-corrected chi connectivity index (χ4v) is 4.24. The summed E-state index contributed by atoms with van der Waals surface area (Å²) in [4.78, 5) is 20.0. The van der Waals surface area contributed by atoms with Crippen LogP contribution in [0.1, 0.15) is 36.4 Å². The monoisotopic (exact) mass is 340 g/mol. The highest BCUT2D eigenvalue weighted by molar-refractivity contribution is 7.16. The second kappa shape index (κ2) is 6.36. The summed E-state index contributed by atoms with van der Waals surface area (Å²) in [6, 6.07) is 12.6. The number of para-hydroxylation sites is 1. The number of aryl methyl sites for hydroxylation is 1. The van der Waals surface area contributed by atoms with Crippen LogP contribution in [0.3, 0.4) is 0 Å². The van der Waals surface area contributed by atoms with Crippen LogP contribution < -0.4 is 10.5 Å². The van der Waals surface area contributed by atoms with Gasteiger partial charge in [-0.3, -0.25) is 4.79 Å². The number of rotatable bonds is 4. The van der Waals surface area contributed by atoms with Gasteiger partial charge in [0.15, 0.2) is 0 Å². The van der Waals surface area contributed by atoms with Gasteiger partial charge in [-0.1, -0.05) is 42.4 Å². The standard InChI is InChI=1S/C18H20N4OS/c1-13-20-22-17(23)11-14(19-18(22)24-13)12-21(16-9-5-6-10-16)15-7-3-2-4-8-15/h2-4,7-8,11,16H,5-6,9-10,12H2,1H3. The highest BCUT2D eigenvalue weighted by Gasteiger charge is 2.23. The summed E-state index contributed by atoms with van der Waals surface area (Å²) in [7, 11) is 0. The first-order valence-corrected chi connectivity index (χ1v) is 9.20. The molecule has 4 rings (SSSR count). The Balaban J connectivity index is 1.70. The van der Waals surface area contributed by atoms with E-state index in [0.717, 1.165) is 10.7 Å². The lowest BCUT2D eigenvalue weighted by molar-refractivity contribution is 0.599. The summed E-state index contributed by atoms with van der Waals surface area (Å²) in [5, 5.41) is 5.07. The molecule has 0 atom stereocenters. The van der Waals surface area contributed by atoms with Crippen molar-refractivity contribution in [3.05, 3.63) is 57.5 Å². The molecular formula is C18H20N4OS. The van der Waals surface area contributed by atoms with Gasteiger partial charge in [0, 0.05) is 17.8 Å². The van der Waals surface area contributed by atoms with E-state index >= 15 is 0 Å². The minimum absolute atomic E-state index is 0.0983. The Morgan fingerprint density at radius 1 is 1.25 bits per heavy atom. The van der Waals surface area contributed by atoms with Crippen molar-refractivity contribution in [1.29, 1.82) is 0 Å². The molecule has 1 aliphatic carbocycles. The number of benzene rings is 1. The second-order valence-electron chi connectivity index (χ2n) is 6.30. The molecule has 0 amide bonds. The molecule has 5 nitrogen and oxygen atoms in total. The Labute approximate surface area is 144 Å². The van der Waals surface area contributed by atoms with Crippen molar-refractivity contribution in [2.75, 3.05) is 4.90 Å². The molecule has 1 saturated carbocycles. The first kappa shape index (κ1) is 15.3. The summed E-state index contributed by atoms with van der Waals surface area (Å²) in [5.41, 5.74) is 1.92. The summed E-state index contributed by atoms with van der Waals surface area (Å²) in [5.74, 6) is 0. The van der Waals surface area contributed by atoms with E-state index in [0.29, 0.717) is 17.5 Å². The van der Waals surface area contributed by atoms with Gasteiger partial charge >= 0.3 is 0 Å². The maximum Gasteiger partial charge on any atom is 0.275 e. The number of fused-ring (bicyclic) bond motifs is 1. The fourth-order valence-electron chi connectivity index (χ4n) is 3.47. The lowest BCUT2D eigenvalue weighted by Gasteiger charge is -2.31. The van der Waals surface area contributed by atoms with Crippen molar-refractivity contribution in [3.63, 3.8) is 0 Å². The number of hydrogen-bond acceptors (Lipinski definition) is 5. The molecule has 0 radical (unpaired) electrons. The maximum absolute atomic E-state index is 12.3. The van der Waals surface area contributed by atoms with Crippen LogP contribution in [-0.4, -0.2) is 20.6 Å². The van der Waals surface area contributed by atoms with Gasteiger partial charge in [0.1, 0.15) is 5.01 Å². The third-order valence-electron chi connectivity index (χ3n) is 4.58. The van der Waals surface area contributed by atoms with Crippen LogP contribution in [0.15, 0.2) is 41.2 Å². The normalized spacial score (nSPS) is 15.2. The summed E-state index contributed by atoms with van der Waals surface area (Å²) in [6.45, 7) is 2.56. The number of nitrogens with zero attached hydrogens (tertiary/aromatic N) is 4. The largest absolute Gasteiger partial charge is 0.363 e. The first-order chi connectivity index (χ1) is 11.7. The smallest absolute Gasteiger partial charge is 0.275 e. The average molecular weight is 340 g/mol. The fraction of sp³-hybridized carbons (Fsp3) is 0.389. The van der Waals surface area contributed by atoms with Crippen molar-refractivity contribution in [2.45, 2.75) is 45.2 Å². The Morgan fingerprint density at radius 3 is 2.75 bits per heavy atom. The number of anilines is 1. The van der Waals surface area contributed by atoms with Crippen LogP contribution in [0.2, 0.25) is 0 Å². The molecule has 6 heteroatoms. The Bertz CT molecular complexity index is 896. The molecule has 0 aliphatic heterocycles. The quantitative estimate of drug-likeness (QED) is 0.730. The second-order valence-corrected chi connectivity index (χ2v) is 7.46. The van der Waals surface area contributed by atoms with E-state index < -0.39 is 0 Å². The molecule has 1 aliphatic rings. The number of hydrogen-bond donors (Lipinski definition) is 0. The molecule has 0 N–H and O–H groups in total. The van der Waals surface area contributed by atoms with E-state index in [1.54, 1.807) is 6.07 Å². The average Bonchev–Trinajstić information content (AvgIpc) is 3.23. The van der Waals surface area contributed by atoms with Crippen molar-refractivity contribution >= 4 is 22.0 Å². The SMILES string of the molecule is Cc1nn2c(=O)cc(CN(c3ccccc3)C3CCCC3)nc2s1. The molecule has 2 heterocycles. The molecule has 0 saturated heterocycles. The van der Waals surface area contributed by atoms with Crippen LogP contribution >= 0.6 is 11.3 Å². The van der Waals surface area contributed by atoms with Crippen molar-refractivity contribution in [1.82, 2.24) is 14.6 Å². The Hall–Kier alpha value is -2.21. The van der Waals surface area contributed by atoms with E-state index in [9.17, 15) is 4.79 Å². The van der Waals surface area contributed by atoms with Gasteiger partial charge in [0.05, 0.1) is 12.2 Å². The third kappa shape index (κ3) is 2.94. The van der Waals surface area contributed by atoms with Crippen LogP contribution in [0, 0.1) is 6.92 Å². The molecule has 0 unspecified atom stereocenters. The van der Waals surface area contributed by atoms with Crippen molar-refractivity contribution in [3.8, 4) is 0 Å². The molecule has 1 fully saturated rings. The maximum atomic E-state index is 12.3. The molecule has 1 aromatic carbocycles. The topological polar surface area (TPSA) is 50.5 Å². The van der Waals surface area contributed by atoms with Crippen molar-refractivity contribution < 1.29 is 0 Å². The minimum atomic E-state index is -0.0983. The van der Waals surface area contributed by atoms with E-state index in [1.807, 2.05) is 13.0 Å². The van der Waals surface area contributed by atoms with E-state index in [2.05, 4.69) is 39.2 Å². The lowest BCUT2D eigenvalue weighted by Crippen LogP contribution is -2.33. The van der Waals surface area contributed by atoms with E-state index in [-0.39, 0.29) is 5.56 Å². The van der Waals surface area contributed by atoms with Crippen LogP contribution in [-0.2, 0) is 6.54 Å². The highest BCUT2D eigenvalue weighted by atomic mass is 32.1. The molecule has 0 spiro atoms. The lowest BCUT2D eigenvalue weighted by atomic mass is 10.1. The van der Waals surface area contributed by atoms with E-state index in [4.69, 9.17) is 0 Å². The molecule has 0 bridgehead atoms. The summed E-state index contributed by atoms with van der Waals surface area (Å²) >= 11 is 1.46. The molecule has 3 aromatic rings. The third-order valence-corrected chi connectivity index (χ3v) is 5.41. The van der Waals surface area contributed by atoms with E-state index in [1.165, 1.54) is 47.2 Å². The van der Waals surface area contributed by atoms with Gasteiger partial charge in [-0.15, -0.1) is 0 Å². The first-order valence-electron chi connectivity index (χ1n) is 8.39. The van der Waals surface area contributed by atoms with Gasteiger partial charge in [-0.25, -0.2) is 4.98 Å². The number of aromatic nitrogens is 3.